The molecule has 0 saturated heterocycles. The number of aliphatic hydroxyl groups is 1. The SMILES string of the molecule is CC(C)c1ccc(-c2nc(CO)cn2C)cc1. The summed E-state index contributed by atoms with van der Waals surface area (Å²) in [5.41, 5.74) is 3.11. The van der Waals surface area contributed by atoms with E-state index in [1.165, 1.54) is 5.56 Å². The maximum atomic E-state index is 9.06. The summed E-state index contributed by atoms with van der Waals surface area (Å²) in [5, 5.41) is 9.06. The molecule has 1 aromatic carbocycles. The van der Waals surface area contributed by atoms with Crippen LogP contribution in [-0.4, -0.2) is 14.7 Å². The van der Waals surface area contributed by atoms with E-state index >= 15 is 0 Å². The number of aryl methyl sites for hydroxylation is 1. The fourth-order valence-corrected chi connectivity index (χ4v) is 1.89. The van der Waals surface area contributed by atoms with E-state index in [0.29, 0.717) is 11.6 Å². The summed E-state index contributed by atoms with van der Waals surface area (Å²) in [4.78, 5) is 4.39. The summed E-state index contributed by atoms with van der Waals surface area (Å²) >= 11 is 0. The van der Waals surface area contributed by atoms with Gasteiger partial charge in [0.15, 0.2) is 0 Å². The molecule has 1 aromatic heterocycles. The summed E-state index contributed by atoms with van der Waals surface area (Å²) in [6.07, 6.45) is 1.85. The molecule has 0 aliphatic rings. The van der Waals surface area contributed by atoms with Crippen LogP contribution in [0.25, 0.3) is 11.4 Å². The zero-order chi connectivity index (χ0) is 12.4. The zero-order valence-corrected chi connectivity index (χ0v) is 10.5. The van der Waals surface area contributed by atoms with E-state index in [2.05, 4.69) is 43.1 Å². The molecular formula is C14H18N2O. The molecule has 90 valence electrons. The van der Waals surface area contributed by atoms with Gasteiger partial charge in [-0.05, 0) is 11.5 Å². The fraction of sp³-hybridized carbons (Fsp3) is 0.357. The Morgan fingerprint density at radius 3 is 2.35 bits per heavy atom. The Hall–Kier alpha value is -1.61. The topological polar surface area (TPSA) is 38.1 Å². The van der Waals surface area contributed by atoms with Gasteiger partial charge in [0.05, 0.1) is 12.3 Å². The lowest BCUT2D eigenvalue weighted by atomic mass is 10.0. The monoisotopic (exact) mass is 230 g/mol. The van der Waals surface area contributed by atoms with E-state index in [9.17, 15) is 0 Å². The number of aromatic nitrogens is 2. The van der Waals surface area contributed by atoms with Crippen molar-refractivity contribution >= 4 is 0 Å². The first-order valence-corrected chi connectivity index (χ1v) is 5.85. The minimum Gasteiger partial charge on any atom is -0.390 e. The van der Waals surface area contributed by atoms with Crippen molar-refractivity contribution in [2.24, 2.45) is 7.05 Å². The van der Waals surface area contributed by atoms with Crippen molar-refractivity contribution in [2.75, 3.05) is 0 Å². The van der Waals surface area contributed by atoms with Gasteiger partial charge in [0.1, 0.15) is 5.82 Å². The molecule has 3 nitrogen and oxygen atoms in total. The smallest absolute Gasteiger partial charge is 0.140 e. The van der Waals surface area contributed by atoms with Crippen LogP contribution in [0.3, 0.4) is 0 Å². The normalized spacial score (nSPS) is 11.1. The highest BCUT2D eigenvalue weighted by molar-refractivity contribution is 5.56. The molecule has 1 heterocycles. The van der Waals surface area contributed by atoms with Crippen LogP contribution in [0.2, 0.25) is 0 Å². The lowest BCUT2D eigenvalue weighted by Gasteiger charge is -2.06. The van der Waals surface area contributed by atoms with E-state index < -0.39 is 0 Å². The van der Waals surface area contributed by atoms with Crippen molar-refractivity contribution in [1.29, 1.82) is 0 Å². The van der Waals surface area contributed by atoms with Crippen LogP contribution in [0, 0.1) is 0 Å². The van der Waals surface area contributed by atoms with Gasteiger partial charge in [-0.25, -0.2) is 4.98 Å². The number of imidazole rings is 1. The molecule has 0 fully saturated rings. The second-order valence-electron chi connectivity index (χ2n) is 4.60. The quantitative estimate of drug-likeness (QED) is 0.880. The van der Waals surface area contributed by atoms with Crippen molar-refractivity contribution < 1.29 is 5.11 Å². The van der Waals surface area contributed by atoms with Crippen LogP contribution in [-0.2, 0) is 13.7 Å². The largest absolute Gasteiger partial charge is 0.390 e. The molecular weight excluding hydrogens is 212 g/mol. The minimum atomic E-state index is -0.0160. The van der Waals surface area contributed by atoms with Gasteiger partial charge in [-0.15, -0.1) is 0 Å². The number of benzene rings is 1. The van der Waals surface area contributed by atoms with E-state index in [-0.39, 0.29) is 6.61 Å². The molecule has 0 amide bonds. The van der Waals surface area contributed by atoms with E-state index in [4.69, 9.17) is 5.11 Å². The van der Waals surface area contributed by atoms with Gasteiger partial charge in [-0.3, -0.25) is 0 Å². The first-order valence-electron chi connectivity index (χ1n) is 5.85. The Labute approximate surface area is 102 Å². The highest BCUT2D eigenvalue weighted by Crippen LogP contribution is 2.21. The molecule has 0 atom stereocenters. The van der Waals surface area contributed by atoms with Gasteiger partial charge >= 0.3 is 0 Å². The van der Waals surface area contributed by atoms with Crippen molar-refractivity contribution in [1.82, 2.24) is 9.55 Å². The molecule has 0 unspecified atom stereocenters. The number of hydrogen-bond acceptors (Lipinski definition) is 2. The zero-order valence-electron chi connectivity index (χ0n) is 10.5. The van der Waals surface area contributed by atoms with Gasteiger partial charge in [0.25, 0.3) is 0 Å². The summed E-state index contributed by atoms with van der Waals surface area (Å²) in [6, 6.07) is 8.43. The predicted molar refractivity (Wildman–Crippen MR) is 68.7 cm³/mol. The van der Waals surface area contributed by atoms with Crippen LogP contribution in [0.5, 0.6) is 0 Å². The molecule has 17 heavy (non-hydrogen) atoms. The van der Waals surface area contributed by atoms with Gasteiger partial charge in [-0.2, -0.15) is 0 Å². The lowest BCUT2D eigenvalue weighted by Crippen LogP contribution is -1.92. The molecule has 0 radical (unpaired) electrons. The van der Waals surface area contributed by atoms with Gasteiger partial charge in [0, 0.05) is 18.8 Å². The Balaban J connectivity index is 2.36. The number of hydrogen-bond donors (Lipinski definition) is 1. The highest BCUT2D eigenvalue weighted by Gasteiger charge is 2.07. The van der Waals surface area contributed by atoms with E-state index in [1.54, 1.807) is 0 Å². The summed E-state index contributed by atoms with van der Waals surface area (Å²) in [6.45, 7) is 4.34. The molecule has 2 rings (SSSR count). The predicted octanol–water partition coefficient (Wildman–Crippen LogP) is 2.70. The van der Waals surface area contributed by atoms with Crippen LogP contribution in [0.1, 0.15) is 31.0 Å². The number of aliphatic hydroxyl groups excluding tert-OH is 1. The average Bonchev–Trinajstić information content (AvgIpc) is 2.71. The molecule has 0 spiro atoms. The van der Waals surface area contributed by atoms with Crippen LogP contribution in [0.4, 0.5) is 0 Å². The van der Waals surface area contributed by atoms with Crippen LogP contribution in [0.15, 0.2) is 30.5 Å². The first kappa shape index (κ1) is 11.9. The van der Waals surface area contributed by atoms with Crippen molar-refractivity contribution in [3.63, 3.8) is 0 Å². The lowest BCUT2D eigenvalue weighted by molar-refractivity contribution is 0.277. The number of nitrogens with zero attached hydrogens (tertiary/aromatic N) is 2. The molecule has 3 heteroatoms. The Kier molecular flexibility index (Phi) is 3.29. The Morgan fingerprint density at radius 2 is 1.88 bits per heavy atom. The molecule has 0 aliphatic heterocycles. The van der Waals surface area contributed by atoms with Crippen LogP contribution >= 0.6 is 0 Å². The third kappa shape index (κ3) is 2.39. The first-order chi connectivity index (χ1) is 8.11. The van der Waals surface area contributed by atoms with Gasteiger partial charge in [-0.1, -0.05) is 38.1 Å². The third-order valence-corrected chi connectivity index (χ3v) is 2.92. The molecule has 2 aromatic rings. The van der Waals surface area contributed by atoms with E-state index in [0.717, 1.165) is 11.4 Å². The maximum Gasteiger partial charge on any atom is 0.140 e. The van der Waals surface area contributed by atoms with Crippen molar-refractivity contribution in [2.45, 2.75) is 26.4 Å². The van der Waals surface area contributed by atoms with Crippen molar-refractivity contribution in [3.8, 4) is 11.4 Å². The fourth-order valence-electron chi connectivity index (χ4n) is 1.89. The summed E-state index contributed by atoms with van der Waals surface area (Å²) < 4.78 is 1.94. The molecule has 1 N–H and O–H groups in total. The molecule has 0 aliphatic carbocycles. The van der Waals surface area contributed by atoms with Gasteiger partial charge < -0.3 is 9.67 Å². The Bertz CT molecular complexity index is 497. The maximum absolute atomic E-state index is 9.06. The third-order valence-electron chi connectivity index (χ3n) is 2.92. The molecule has 0 bridgehead atoms. The highest BCUT2D eigenvalue weighted by atomic mass is 16.3. The summed E-state index contributed by atoms with van der Waals surface area (Å²) in [5.74, 6) is 1.43. The van der Waals surface area contributed by atoms with Crippen LogP contribution < -0.4 is 0 Å². The second kappa shape index (κ2) is 4.72. The molecule has 0 saturated carbocycles. The standard InChI is InChI=1S/C14H18N2O/c1-10(2)11-4-6-12(7-5-11)14-15-13(9-17)8-16(14)3/h4-8,10,17H,9H2,1-3H3. The summed E-state index contributed by atoms with van der Waals surface area (Å²) in [7, 11) is 1.94. The Morgan fingerprint density at radius 1 is 1.24 bits per heavy atom. The van der Waals surface area contributed by atoms with E-state index in [1.807, 2.05) is 17.8 Å². The minimum absolute atomic E-state index is 0.0160. The average molecular weight is 230 g/mol. The van der Waals surface area contributed by atoms with Crippen molar-refractivity contribution in [3.05, 3.63) is 41.7 Å². The van der Waals surface area contributed by atoms with Gasteiger partial charge in [0.2, 0.25) is 0 Å². The second-order valence-corrected chi connectivity index (χ2v) is 4.60. The number of rotatable bonds is 3.